The van der Waals surface area contributed by atoms with Crippen LogP contribution in [0.25, 0.3) is 0 Å². The second-order valence-electron chi connectivity index (χ2n) is 9.83. The molecule has 36 heavy (non-hydrogen) atoms. The summed E-state index contributed by atoms with van der Waals surface area (Å²) in [6.07, 6.45) is 2.34. The summed E-state index contributed by atoms with van der Waals surface area (Å²) in [6, 6.07) is 17.8. The Kier molecular flexibility index (Phi) is 11.3. The third kappa shape index (κ3) is 11.0. The van der Waals surface area contributed by atoms with E-state index in [0.717, 1.165) is 23.2 Å². The summed E-state index contributed by atoms with van der Waals surface area (Å²) >= 11 is 0. The SMILES string of the molecule is C=CC(=O)OCc1cccc(C[Si](C)(C)O[Si](C)O[Si](C)(C)Cc2cccc(COC(=O)C=C)c2)c1. The quantitative estimate of drug-likeness (QED) is 0.177. The van der Waals surface area contributed by atoms with Gasteiger partial charge in [0, 0.05) is 12.2 Å². The number of benzene rings is 2. The van der Waals surface area contributed by atoms with E-state index in [1.165, 1.54) is 23.3 Å². The Bertz CT molecular complexity index is 983. The molecule has 2 aromatic rings. The predicted molar refractivity (Wildman–Crippen MR) is 149 cm³/mol. The van der Waals surface area contributed by atoms with Crippen molar-refractivity contribution in [2.24, 2.45) is 0 Å². The third-order valence-corrected chi connectivity index (χ3v) is 14.4. The van der Waals surface area contributed by atoms with Crippen molar-refractivity contribution < 1.29 is 27.3 Å². The van der Waals surface area contributed by atoms with Crippen LogP contribution in [0.3, 0.4) is 0 Å². The van der Waals surface area contributed by atoms with E-state index in [1.54, 1.807) is 0 Å². The van der Waals surface area contributed by atoms with Gasteiger partial charge in [0.05, 0.1) is 0 Å². The van der Waals surface area contributed by atoms with E-state index in [4.69, 9.17) is 17.7 Å². The van der Waals surface area contributed by atoms with Crippen LogP contribution in [0, 0.1) is 0 Å². The Morgan fingerprint density at radius 3 is 1.47 bits per heavy atom. The van der Waals surface area contributed by atoms with Gasteiger partial charge in [0.25, 0.3) is 0 Å². The van der Waals surface area contributed by atoms with Crippen molar-refractivity contribution in [3.8, 4) is 0 Å². The molecule has 0 N–H and O–H groups in total. The van der Waals surface area contributed by atoms with E-state index in [0.29, 0.717) is 0 Å². The zero-order chi connectivity index (χ0) is 26.8. The molecule has 0 saturated heterocycles. The van der Waals surface area contributed by atoms with Gasteiger partial charge >= 0.3 is 21.2 Å². The molecule has 2 rings (SSSR count). The highest BCUT2D eigenvalue weighted by molar-refractivity contribution is 6.81. The summed E-state index contributed by atoms with van der Waals surface area (Å²) in [6.45, 7) is 18.2. The maximum Gasteiger partial charge on any atom is 0.359 e. The van der Waals surface area contributed by atoms with E-state index in [-0.39, 0.29) is 13.2 Å². The summed E-state index contributed by atoms with van der Waals surface area (Å²) in [5.41, 5.74) is 4.22. The fraction of sp³-hybridized carbons (Fsp3) is 0.333. The smallest absolute Gasteiger partial charge is 0.359 e. The molecule has 0 aliphatic heterocycles. The van der Waals surface area contributed by atoms with Crippen LogP contribution in [-0.4, -0.2) is 37.9 Å². The van der Waals surface area contributed by atoms with Gasteiger partial charge < -0.3 is 17.7 Å². The van der Waals surface area contributed by atoms with Crippen LogP contribution in [0.5, 0.6) is 0 Å². The van der Waals surface area contributed by atoms with Gasteiger partial charge in [0.2, 0.25) is 0 Å². The first-order chi connectivity index (χ1) is 16.9. The van der Waals surface area contributed by atoms with Gasteiger partial charge in [-0.05, 0) is 67.1 Å². The lowest BCUT2D eigenvalue weighted by molar-refractivity contribution is -0.139. The number of ether oxygens (including phenoxy) is 2. The zero-order valence-electron chi connectivity index (χ0n) is 22.0. The molecule has 0 bridgehead atoms. The lowest BCUT2D eigenvalue weighted by atomic mass is 10.1. The van der Waals surface area contributed by atoms with E-state index >= 15 is 0 Å². The van der Waals surface area contributed by atoms with Gasteiger partial charge in [0.1, 0.15) is 13.2 Å². The Labute approximate surface area is 219 Å². The van der Waals surface area contributed by atoms with Crippen LogP contribution < -0.4 is 0 Å². The van der Waals surface area contributed by atoms with Gasteiger partial charge in [-0.1, -0.05) is 61.7 Å². The standard InChI is InChI=1S/C27H37O6Si3/c1-8-26(28)30-18-22-12-10-14-24(16-22)20-35(4,5)32-34(3)33-36(6,7)21-25-15-11-13-23(17-25)19-31-27(29)9-2/h8-17H,1-2,18-21H2,3-7H3. The highest BCUT2D eigenvalue weighted by Gasteiger charge is 2.32. The summed E-state index contributed by atoms with van der Waals surface area (Å²) in [4.78, 5) is 22.7. The van der Waals surface area contributed by atoms with Crippen molar-refractivity contribution in [3.05, 3.63) is 96.1 Å². The normalized spacial score (nSPS) is 11.7. The van der Waals surface area contributed by atoms with Gasteiger partial charge in [0.15, 0.2) is 16.6 Å². The highest BCUT2D eigenvalue weighted by Crippen LogP contribution is 2.21. The Hall–Kier alpha value is -2.57. The first-order valence-electron chi connectivity index (χ1n) is 11.9. The van der Waals surface area contributed by atoms with Gasteiger partial charge in [-0.2, -0.15) is 0 Å². The van der Waals surface area contributed by atoms with Crippen LogP contribution in [0.4, 0.5) is 0 Å². The predicted octanol–water partition coefficient (Wildman–Crippen LogP) is 5.57. The Morgan fingerprint density at radius 2 is 1.11 bits per heavy atom. The first-order valence-corrected chi connectivity index (χ1v) is 19.9. The molecule has 0 aliphatic carbocycles. The number of hydrogen-bond donors (Lipinski definition) is 0. The third-order valence-electron chi connectivity index (χ3n) is 5.18. The van der Waals surface area contributed by atoms with Crippen molar-refractivity contribution in [3.63, 3.8) is 0 Å². The van der Waals surface area contributed by atoms with E-state index in [9.17, 15) is 9.59 Å². The maximum absolute atomic E-state index is 11.3. The number of rotatable bonds is 14. The lowest BCUT2D eigenvalue weighted by Gasteiger charge is -2.32. The molecule has 6 nitrogen and oxygen atoms in total. The van der Waals surface area contributed by atoms with Crippen molar-refractivity contribution in [1.29, 1.82) is 0 Å². The van der Waals surface area contributed by atoms with Gasteiger partial charge in [-0.25, -0.2) is 9.59 Å². The molecule has 0 aliphatic rings. The maximum atomic E-state index is 11.3. The lowest BCUT2D eigenvalue weighted by Crippen LogP contribution is -2.46. The molecule has 1 radical (unpaired) electrons. The van der Waals surface area contributed by atoms with Crippen molar-refractivity contribution in [1.82, 2.24) is 0 Å². The molecule has 0 amide bonds. The monoisotopic (exact) mass is 541 g/mol. The number of esters is 2. The minimum Gasteiger partial charge on any atom is -0.458 e. The van der Waals surface area contributed by atoms with E-state index in [2.05, 4.69) is 70.2 Å². The molecular weight excluding hydrogens is 505 g/mol. The first kappa shape index (κ1) is 29.7. The van der Waals surface area contributed by atoms with Crippen molar-refractivity contribution in [2.75, 3.05) is 0 Å². The van der Waals surface area contributed by atoms with E-state index < -0.39 is 37.9 Å². The molecule has 0 aromatic heterocycles. The number of hydrogen-bond acceptors (Lipinski definition) is 6. The molecule has 0 unspecified atom stereocenters. The van der Waals surface area contributed by atoms with Crippen LogP contribution in [-0.2, 0) is 52.6 Å². The van der Waals surface area contributed by atoms with Crippen LogP contribution in [0.15, 0.2) is 73.8 Å². The average Bonchev–Trinajstić information content (AvgIpc) is 2.79. The summed E-state index contributed by atoms with van der Waals surface area (Å²) < 4.78 is 23.4. The highest BCUT2D eigenvalue weighted by atomic mass is 28.4. The molecule has 0 atom stereocenters. The average molecular weight is 542 g/mol. The van der Waals surface area contributed by atoms with Crippen LogP contribution >= 0.6 is 0 Å². The Morgan fingerprint density at radius 1 is 0.750 bits per heavy atom. The van der Waals surface area contributed by atoms with Crippen molar-refractivity contribution in [2.45, 2.75) is 58.0 Å². The molecule has 0 spiro atoms. The fourth-order valence-corrected chi connectivity index (χ4v) is 13.7. The molecule has 193 valence electrons. The second kappa shape index (κ2) is 13.7. The number of carbonyl (C=O) groups excluding carboxylic acids is 2. The molecule has 9 heteroatoms. The summed E-state index contributed by atoms with van der Waals surface area (Å²) in [5, 5.41) is 0. The second-order valence-corrected chi connectivity index (χ2v) is 20.2. The largest absolute Gasteiger partial charge is 0.458 e. The minimum absolute atomic E-state index is 0.227. The summed E-state index contributed by atoms with van der Waals surface area (Å²) in [7, 11) is -5.54. The molecule has 0 fully saturated rings. The molecule has 0 heterocycles. The van der Waals surface area contributed by atoms with Crippen LogP contribution in [0.1, 0.15) is 22.3 Å². The van der Waals surface area contributed by atoms with Gasteiger partial charge in [-0.15, -0.1) is 0 Å². The topological polar surface area (TPSA) is 71.1 Å². The molecule has 2 aromatic carbocycles. The minimum atomic E-state index is -2.05. The number of carbonyl (C=O) groups is 2. The molecular formula is C27H37O6Si3. The summed E-state index contributed by atoms with van der Waals surface area (Å²) in [5.74, 6) is -0.855. The fourth-order valence-electron chi connectivity index (χ4n) is 3.94. The van der Waals surface area contributed by atoms with E-state index in [1.807, 2.05) is 24.3 Å². The zero-order valence-corrected chi connectivity index (χ0v) is 25.0. The Balaban J connectivity index is 1.93. The van der Waals surface area contributed by atoms with Gasteiger partial charge in [-0.3, -0.25) is 0 Å². The molecule has 0 saturated carbocycles. The van der Waals surface area contributed by atoms with Crippen molar-refractivity contribution >= 4 is 37.9 Å². The van der Waals surface area contributed by atoms with Crippen LogP contribution in [0.2, 0.25) is 32.7 Å².